The van der Waals surface area contributed by atoms with Gasteiger partial charge in [-0.05, 0) is 11.6 Å². The van der Waals surface area contributed by atoms with Gasteiger partial charge in [0.2, 0.25) is 5.91 Å². The van der Waals surface area contributed by atoms with Gasteiger partial charge in [-0.25, -0.2) is 0 Å². The zero-order chi connectivity index (χ0) is 9.42. The van der Waals surface area contributed by atoms with Crippen LogP contribution in [0.2, 0.25) is 0 Å². The van der Waals surface area contributed by atoms with Gasteiger partial charge in [-0.3, -0.25) is 4.79 Å². The van der Waals surface area contributed by atoms with E-state index in [2.05, 4.69) is 0 Å². The van der Waals surface area contributed by atoms with Gasteiger partial charge < -0.3 is 10.6 Å². The summed E-state index contributed by atoms with van der Waals surface area (Å²) in [5, 5.41) is 0. The molecule has 3 heteroatoms. The van der Waals surface area contributed by atoms with Crippen molar-refractivity contribution < 1.29 is 4.79 Å². The molecule has 2 N–H and O–H groups in total. The lowest BCUT2D eigenvalue weighted by molar-refractivity contribution is -0.119. The number of hydrogen-bond donors (Lipinski definition) is 1. The van der Waals surface area contributed by atoms with Crippen LogP contribution in [0.3, 0.4) is 0 Å². The summed E-state index contributed by atoms with van der Waals surface area (Å²) in [6.45, 7) is 0. The third kappa shape index (κ3) is 1.16. The van der Waals surface area contributed by atoms with E-state index in [1.165, 1.54) is 5.56 Å². The van der Waals surface area contributed by atoms with Crippen molar-refractivity contribution in [2.24, 2.45) is 5.73 Å². The van der Waals surface area contributed by atoms with Crippen molar-refractivity contribution in [3.05, 3.63) is 29.8 Å². The average molecular weight is 176 g/mol. The molecule has 0 fully saturated rings. The maximum absolute atomic E-state index is 11.1. The predicted octanol–water partition coefficient (Wildman–Crippen LogP) is 0.533. The Hall–Kier alpha value is -1.51. The van der Waals surface area contributed by atoms with Crippen LogP contribution in [-0.4, -0.2) is 19.0 Å². The number of fused-ring (bicyclic) bond motifs is 1. The molecule has 1 aliphatic rings. The fraction of sp³-hybridized carbons (Fsp3) is 0.300. The third-order valence-corrected chi connectivity index (χ3v) is 2.58. The molecule has 0 aromatic heterocycles. The molecular formula is C10H12N2O. The lowest BCUT2D eigenvalue weighted by Gasteiger charge is -2.19. The van der Waals surface area contributed by atoms with Crippen molar-refractivity contribution in [3.63, 3.8) is 0 Å². The van der Waals surface area contributed by atoms with Crippen LogP contribution < -0.4 is 10.6 Å². The molecule has 3 nitrogen and oxygen atoms in total. The Labute approximate surface area is 77.1 Å². The van der Waals surface area contributed by atoms with Gasteiger partial charge in [0.15, 0.2) is 0 Å². The van der Waals surface area contributed by atoms with Gasteiger partial charge in [-0.2, -0.15) is 0 Å². The summed E-state index contributed by atoms with van der Waals surface area (Å²) in [7, 11) is 1.90. The van der Waals surface area contributed by atoms with E-state index in [1.54, 1.807) is 0 Å². The number of rotatable bonds is 1. The molecule has 1 amide bonds. The summed E-state index contributed by atoms with van der Waals surface area (Å²) >= 11 is 0. The molecule has 1 aromatic rings. The fourth-order valence-electron chi connectivity index (χ4n) is 1.83. The Morgan fingerprint density at radius 2 is 2.23 bits per heavy atom. The highest BCUT2D eigenvalue weighted by atomic mass is 16.1. The maximum atomic E-state index is 11.1. The van der Waals surface area contributed by atoms with Gasteiger partial charge in [0, 0.05) is 19.2 Å². The molecule has 0 bridgehead atoms. The van der Waals surface area contributed by atoms with E-state index in [1.807, 2.05) is 36.2 Å². The molecule has 68 valence electrons. The van der Waals surface area contributed by atoms with E-state index in [-0.39, 0.29) is 11.9 Å². The van der Waals surface area contributed by atoms with E-state index < -0.39 is 0 Å². The number of likely N-dealkylation sites (N-methyl/N-ethyl adjacent to an activating group) is 1. The van der Waals surface area contributed by atoms with Gasteiger partial charge in [0.1, 0.15) is 6.04 Å². The first-order valence-corrected chi connectivity index (χ1v) is 4.30. The molecule has 1 heterocycles. The zero-order valence-corrected chi connectivity index (χ0v) is 7.53. The molecule has 2 rings (SSSR count). The number of amides is 1. The topological polar surface area (TPSA) is 46.3 Å². The number of carbonyl (C=O) groups is 1. The second kappa shape index (κ2) is 2.76. The maximum Gasteiger partial charge on any atom is 0.240 e. The molecule has 1 aromatic carbocycles. The lowest BCUT2D eigenvalue weighted by atomic mass is 10.1. The molecule has 0 spiro atoms. The van der Waals surface area contributed by atoms with Gasteiger partial charge in [0.05, 0.1) is 0 Å². The number of primary amides is 1. The van der Waals surface area contributed by atoms with Gasteiger partial charge in [0.25, 0.3) is 0 Å². The largest absolute Gasteiger partial charge is 0.368 e. The Morgan fingerprint density at radius 3 is 2.85 bits per heavy atom. The van der Waals surface area contributed by atoms with Crippen molar-refractivity contribution in [1.29, 1.82) is 0 Å². The summed E-state index contributed by atoms with van der Waals surface area (Å²) in [5.74, 6) is -0.251. The highest BCUT2D eigenvalue weighted by Crippen LogP contribution is 2.29. The SMILES string of the molecule is CN1c2ccccc2CC1C(N)=O. The summed E-state index contributed by atoms with van der Waals surface area (Å²) in [6.07, 6.45) is 0.738. The molecule has 0 saturated carbocycles. The van der Waals surface area contributed by atoms with Gasteiger partial charge in [-0.15, -0.1) is 0 Å². The lowest BCUT2D eigenvalue weighted by Crippen LogP contribution is -2.40. The van der Waals surface area contributed by atoms with Crippen molar-refractivity contribution in [3.8, 4) is 0 Å². The van der Waals surface area contributed by atoms with Crippen LogP contribution >= 0.6 is 0 Å². The minimum Gasteiger partial charge on any atom is -0.368 e. The number of carbonyl (C=O) groups excluding carboxylic acids is 1. The van der Waals surface area contributed by atoms with E-state index in [4.69, 9.17) is 5.73 Å². The van der Waals surface area contributed by atoms with E-state index >= 15 is 0 Å². The van der Waals surface area contributed by atoms with Crippen LogP contribution in [0.1, 0.15) is 5.56 Å². The van der Waals surface area contributed by atoms with Crippen molar-refractivity contribution in [1.82, 2.24) is 0 Å². The summed E-state index contributed by atoms with van der Waals surface area (Å²) < 4.78 is 0. The second-order valence-corrected chi connectivity index (χ2v) is 3.36. The molecule has 0 saturated heterocycles. The Balaban J connectivity index is 2.38. The summed E-state index contributed by atoms with van der Waals surface area (Å²) in [5.41, 5.74) is 7.61. The molecule has 13 heavy (non-hydrogen) atoms. The average Bonchev–Trinajstić information content (AvgIpc) is 2.45. The zero-order valence-electron chi connectivity index (χ0n) is 7.53. The quantitative estimate of drug-likeness (QED) is 0.678. The number of benzene rings is 1. The first-order chi connectivity index (χ1) is 6.20. The van der Waals surface area contributed by atoms with Crippen LogP contribution in [0.25, 0.3) is 0 Å². The van der Waals surface area contributed by atoms with E-state index in [9.17, 15) is 4.79 Å². The number of hydrogen-bond acceptors (Lipinski definition) is 2. The summed E-state index contributed by atoms with van der Waals surface area (Å²) in [6, 6.07) is 7.83. The first-order valence-electron chi connectivity index (χ1n) is 4.30. The molecule has 1 atom stereocenters. The first kappa shape index (κ1) is 8.10. The van der Waals surface area contributed by atoms with Crippen LogP contribution in [0.5, 0.6) is 0 Å². The van der Waals surface area contributed by atoms with Crippen LogP contribution in [0.15, 0.2) is 24.3 Å². The van der Waals surface area contributed by atoms with Crippen molar-refractivity contribution >= 4 is 11.6 Å². The molecule has 1 aliphatic heterocycles. The third-order valence-electron chi connectivity index (χ3n) is 2.58. The number of nitrogens with zero attached hydrogens (tertiary/aromatic N) is 1. The Bertz CT molecular complexity index is 349. The molecule has 1 unspecified atom stereocenters. The van der Waals surface area contributed by atoms with Gasteiger partial charge >= 0.3 is 0 Å². The summed E-state index contributed by atoms with van der Waals surface area (Å²) in [4.78, 5) is 13.0. The highest BCUT2D eigenvalue weighted by Gasteiger charge is 2.29. The normalized spacial score (nSPS) is 20.1. The fourth-order valence-corrected chi connectivity index (χ4v) is 1.83. The molecule has 0 aliphatic carbocycles. The van der Waals surface area contributed by atoms with Gasteiger partial charge in [-0.1, -0.05) is 18.2 Å². The van der Waals surface area contributed by atoms with E-state index in [0.717, 1.165) is 12.1 Å². The minimum atomic E-state index is -0.251. The monoisotopic (exact) mass is 176 g/mol. The smallest absolute Gasteiger partial charge is 0.240 e. The van der Waals surface area contributed by atoms with E-state index in [0.29, 0.717) is 0 Å². The molecule has 0 radical (unpaired) electrons. The van der Waals surface area contributed by atoms with Crippen molar-refractivity contribution in [2.75, 3.05) is 11.9 Å². The number of para-hydroxylation sites is 1. The van der Waals surface area contributed by atoms with Crippen LogP contribution in [0, 0.1) is 0 Å². The Morgan fingerprint density at radius 1 is 1.54 bits per heavy atom. The predicted molar refractivity (Wildman–Crippen MR) is 51.5 cm³/mol. The number of nitrogens with two attached hydrogens (primary N) is 1. The van der Waals surface area contributed by atoms with Crippen LogP contribution in [0.4, 0.5) is 5.69 Å². The molecular weight excluding hydrogens is 164 g/mol. The Kier molecular flexibility index (Phi) is 1.72. The van der Waals surface area contributed by atoms with Crippen LogP contribution in [-0.2, 0) is 11.2 Å². The number of anilines is 1. The second-order valence-electron chi connectivity index (χ2n) is 3.36. The standard InChI is InChI=1S/C10H12N2O/c1-12-8-5-3-2-4-7(8)6-9(12)10(11)13/h2-5,9H,6H2,1H3,(H2,11,13). The van der Waals surface area contributed by atoms with Crippen molar-refractivity contribution in [2.45, 2.75) is 12.5 Å². The minimum absolute atomic E-state index is 0.169. The highest BCUT2D eigenvalue weighted by molar-refractivity contribution is 5.86.